The van der Waals surface area contributed by atoms with Crippen LogP contribution in [-0.2, 0) is 9.53 Å². The fourth-order valence-electron chi connectivity index (χ4n) is 2.75. The number of hydrogen-bond acceptors (Lipinski definition) is 4. The zero-order valence-corrected chi connectivity index (χ0v) is 12.0. The molecule has 6 nitrogen and oxygen atoms in total. The summed E-state index contributed by atoms with van der Waals surface area (Å²) < 4.78 is 5.33. The number of aliphatic carboxylic acids is 1. The van der Waals surface area contributed by atoms with E-state index in [2.05, 4.69) is 5.32 Å². The van der Waals surface area contributed by atoms with Gasteiger partial charge in [-0.1, -0.05) is 0 Å². The van der Waals surface area contributed by atoms with Gasteiger partial charge in [-0.25, -0.2) is 9.59 Å². The van der Waals surface area contributed by atoms with Crippen molar-refractivity contribution in [2.24, 2.45) is 0 Å². The molecule has 4 atom stereocenters. The molecule has 2 rings (SSSR count). The molecule has 1 saturated heterocycles. The summed E-state index contributed by atoms with van der Waals surface area (Å²) in [5.74, 6) is -0.496. The molecule has 1 aliphatic heterocycles. The Balaban J connectivity index is 2.00. The summed E-state index contributed by atoms with van der Waals surface area (Å²) in [7, 11) is 1.64. The molecule has 2 aliphatic rings. The first kappa shape index (κ1) is 14.5. The van der Waals surface area contributed by atoms with Crippen molar-refractivity contribution in [2.45, 2.75) is 49.7 Å². The average Bonchev–Trinajstić information content (AvgIpc) is 2.95. The molecule has 0 aromatic carbocycles. The maximum atomic E-state index is 12.3. The maximum absolute atomic E-state index is 12.3. The highest BCUT2D eigenvalue weighted by Gasteiger charge is 2.41. The van der Waals surface area contributed by atoms with Gasteiger partial charge in [0.1, 0.15) is 6.04 Å². The van der Waals surface area contributed by atoms with E-state index < -0.39 is 12.0 Å². The minimum absolute atomic E-state index is 0.00950. The summed E-state index contributed by atoms with van der Waals surface area (Å²) >= 11 is 1.49. The van der Waals surface area contributed by atoms with Crippen LogP contribution in [0.5, 0.6) is 0 Å². The number of carboxylic acids is 1. The largest absolute Gasteiger partial charge is 0.480 e. The minimum Gasteiger partial charge on any atom is -0.480 e. The van der Waals surface area contributed by atoms with Gasteiger partial charge < -0.3 is 15.2 Å². The Morgan fingerprint density at radius 1 is 1.42 bits per heavy atom. The highest BCUT2D eigenvalue weighted by Crippen LogP contribution is 2.29. The van der Waals surface area contributed by atoms with E-state index in [1.54, 1.807) is 7.11 Å². The Kier molecular flexibility index (Phi) is 4.57. The van der Waals surface area contributed by atoms with Crippen LogP contribution in [0.4, 0.5) is 4.79 Å². The van der Waals surface area contributed by atoms with Gasteiger partial charge in [-0.15, -0.1) is 11.8 Å². The topological polar surface area (TPSA) is 78.9 Å². The van der Waals surface area contributed by atoms with Gasteiger partial charge in [-0.05, 0) is 26.2 Å². The Hall–Kier alpha value is -0.950. The van der Waals surface area contributed by atoms with E-state index in [0.717, 1.165) is 19.3 Å². The van der Waals surface area contributed by atoms with Crippen LogP contribution in [0.15, 0.2) is 0 Å². The summed E-state index contributed by atoms with van der Waals surface area (Å²) in [6, 6.07) is -1.04. The van der Waals surface area contributed by atoms with Crippen molar-refractivity contribution in [3.8, 4) is 0 Å². The summed E-state index contributed by atoms with van der Waals surface area (Å²) in [5, 5.41) is 12.0. The normalized spacial score (nSPS) is 34.5. The average molecular weight is 288 g/mol. The molecule has 0 spiro atoms. The molecule has 1 aliphatic carbocycles. The molecule has 0 aromatic heterocycles. The number of nitrogens with zero attached hydrogens (tertiary/aromatic N) is 1. The van der Waals surface area contributed by atoms with Crippen molar-refractivity contribution in [2.75, 3.05) is 12.9 Å². The number of ether oxygens (including phenoxy) is 1. The van der Waals surface area contributed by atoms with Crippen molar-refractivity contribution in [3.05, 3.63) is 0 Å². The number of carboxylic acid groups (broad SMARTS) is 1. The molecule has 2 amide bonds. The van der Waals surface area contributed by atoms with Crippen LogP contribution in [0.1, 0.15) is 26.2 Å². The van der Waals surface area contributed by atoms with Crippen molar-refractivity contribution < 1.29 is 19.4 Å². The van der Waals surface area contributed by atoms with Crippen LogP contribution >= 0.6 is 11.8 Å². The predicted molar refractivity (Wildman–Crippen MR) is 72.2 cm³/mol. The molecule has 4 unspecified atom stereocenters. The van der Waals surface area contributed by atoms with Gasteiger partial charge in [0.15, 0.2) is 0 Å². The van der Waals surface area contributed by atoms with E-state index in [4.69, 9.17) is 9.84 Å². The lowest BCUT2D eigenvalue weighted by Crippen LogP contribution is -2.53. The van der Waals surface area contributed by atoms with Gasteiger partial charge in [0.05, 0.1) is 17.5 Å². The van der Waals surface area contributed by atoms with E-state index in [9.17, 15) is 9.59 Å². The lowest BCUT2D eigenvalue weighted by molar-refractivity contribution is -0.141. The van der Waals surface area contributed by atoms with Gasteiger partial charge in [0.2, 0.25) is 0 Å². The van der Waals surface area contributed by atoms with Gasteiger partial charge in [0, 0.05) is 12.9 Å². The highest BCUT2D eigenvalue weighted by molar-refractivity contribution is 8.00. The first-order valence-corrected chi connectivity index (χ1v) is 7.55. The van der Waals surface area contributed by atoms with E-state index in [1.807, 2.05) is 6.92 Å². The fourth-order valence-corrected chi connectivity index (χ4v) is 3.91. The zero-order valence-electron chi connectivity index (χ0n) is 11.2. The number of thioether (sulfide) groups is 1. The second kappa shape index (κ2) is 6.00. The van der Waals surface area contributed by atoms with Crippen molar-refractivity contribution in [1.29, 1.82) is 0 Å². The summed E-state index contributed by atoms with van der Waals surface area (Å²) in [6.07, 6.45) is 2.89. The molecule has 1 saturated carbocycles. The molecule has 0 bridgehead atoms. The second-order valence-electron chi connectivity index (χ2n) is 4.95. The molecule has 7 heteroatoms. The second-order valence-corrected chi connectivity index (χ2v) is 6.30. The quantitative estimate of drug-likeness (QED) is 0.813. The molecule has 108 valence electrons. The van der Waals surface area contributed by atoms with E-state index >= 15 is 0 Å². The molecular formula is C12H20N2O4S. The van der Waals surface area contributed by atoms with Crippen LogP contribution in [-0.4, -0.2) is 58.4 Å². The highest BCUT2D eigenvalue weighted by atomic mass is 32.2. The first-order valence-electron chi connectivity index (χ1n) is 6.50. The minimum atomic E-state index is -0.943. The number of carbonyl (C=O) groups is 2. The third kappa shape index (κ3) is 2.97. The van der Waals surface area contributed by atoms with Gasteiger partial charge >= 0.3 is 12.0 Å². The van der Waals surface area contributed by atoms with Crippen LogP contribution in [0.25, 0.3) is 0 Å². The van der Waals surface area contributed by atoms with E-state index in [0.29, 0.717) is 5.75 Å². The Labute approximate surface area is 116 Å². The number of carbonyl (C=O) groups excluding carboxylic acids is 1. The van der Waals surface area contributed by atoms with Crippen LogP contribution < -0.4 is 5.32 Å². The van der Waals surface area contributed by atoms with Gasteiger partial charge in [-0.2, -0.15) is 0 Å². The predicted octanol–water partition coefficient (Wildman–Crippen LogP) is 1.11. The summed E-state index contributed by atoms with van der Waals surface area (Å²) in [5.41, 5.74) is 0. The lowest BCUT2D eigenvalue weighted by atomic mass is 10.2. The maximum Gasteiger partial charge on any atom is 0.327 e. The van der Waals surface area contributed by atoms with Crippen LogP contribution in [0, 0.1) is 0 Å². The lowest BCUT2D eigenvalue weighted by Gasteiger charge is -2.28. The van der Waals surface area contributed by atoms with Crippen molar-refractivity contribution >= 4 is 23.8 Å². The Bertz CT molecular complexity index is 366. The van der Waals surface area contributed by atoms with E-state index in [1.165, 1.54) is 16.7 Å². The molecule has 0 radical (unpaired) electrons. The van der Waals surface area contributed by atoms with Crippen molar-refractivity contribution in [3.63, 3.8) is 0 Å². The SMILES string of the molecule is COC1CCCC1NC(=O)N1C(C)SCC1C(=O)O. The monoisotopic (exact) mass is 288 g/mol. The van der Waals surface area contributed by atoms with Crippen LogP contribution in [0.2, 0.25) is 0 Å². The molecule has 2 N–H and O–H groups in total. The third-order valence-corrected chi connectivity index (χ3v) is 5.02. The van der Waals surface area contributed by atoms with Crippen molar-refractivity contribution in [1.82, 2.24) is 10.2 Å². The number of urea groups is 1. The van der Waals surface area contributed by atoms with E-state index in [-0.39, 0.29) is 23.6 Å². The number of nitrogens with one attached hydrogen (secondary N) is 1. The molecule has 19 heavy (non-hydrogen) atoms. The molecule has 0 aromatic rings. The fraction of sp³-hybridized carbons (Fsp3) is 0.833. The zero-order chi connectivity index (χ0) is 14.0. The smallest absolute Gasteiger partial charge is 0.327 e. The number of rotatable bonds is 3. The van der Waals surface area contributed by atoms with Gasteiger partial charge in [-0.3, -0.25) is 4.90 Å². The number of methoxy groups -OCH3 is 1. The summed E-state index contributed by atoms with van der Waals surface area (Å²) in [4.78, 5) is 24.9. The molecule has 2 fully saturated rings. The number of hydrogen-bond donors (Lipinski definition) is 2. The number of amides is 2. The molecular weight excluding hydrogens is 268 g/mol. The first-order chi connectivity index (χ1) is 9.04. The Morgan fingerprint density at radius 2 is 2.16 bits per heavy atom. The summed E-state index contributed by atoms with van der Waals surface area (Å²) in [6.45, 7) is 1.86. The van der Waals surface area contributed by atoms with Crippen LogP contribution in [0.3, 0.4) is 0 Å². The van der Waals surface area contributed by atoms with Gasteiger partial charge in [0.25, 0.3) is 0 Å². The Morgan fingerprint density at radius 3 is 2.79 bits per heavy atom. The third-order valence-electron chi connectivity index (χ3n) is 3.81. The molecule has 1 heterocycles. The standard InChI is InChI=1S/C12H20N2O4S/c1-7-14(9(6-19-7)11(15)16)12(17)13-8-4-3-5-10(8)18-2/h7-10H,3-6H2,1-2H3,(H,13,17)(H,15,16).